The number of ether oxygens (including phenoxy) is 3. The standard InChI is InChI=1S/C28H31N3O6S/c1-7-30(8-2)27(34)24-16(3)29-28-31(25(24)19-15-18(35-4)10-12-21(19)36-5)26(33)23(38-28)14-17-9-11-22(37-6)20(32)13-17/h9-15,25,32H,7-8H2,1-6H3/b23-14+/t25-/m1/s1. The molecule has 0 fully saturated rings. The first-order valence-corrected chi connectivity index (χ1v) is 13.0. The number of benzene rings is 2. The molecule has 4 rings (SSSR count). The third kappa shape index (κ3) is 4.79. The number of aromatic hydroxyl groups is 1. The summed E-state index contributed by atoms with van der Waals surface area (Å²) in [6.45, 7) is 6.64. The van der Waals surface area contributed by atoms with Gasteiger partial charge >= 0.3 is 0 Å². The van der Waals surface area contributed by atoms with Crippen LogP contribution in [0.5, 0.6) is 23.0 Å². The van der Waals surface area contributed by atoms with Crippen LogP contribution in [0.15, 0.2) is 57.5 Å². The second-order valence-corrected chi connectivity index (χ2v) is 9.61. The van der Waals surface area contributed by atoms with E-state index < -0.39 is 6.04 Å². The van der Waals surface area contributed by atoms with Crippen LogP contribution in [-0.4, -0.2) is 54.9 Å². The quantitative estimate of drug-likeness (QED) is 0.474. The maximum atomic E-state index is 13.9. The van der Waals surface area contributed by atoms with Gasteiger partial charge in [0.15, 0.2) is 16.3 Å². The van der Waals surface area contributed by atoms with E-state index in [1.165, 1.54) is 24.5 Å². The van der Waals surface area contributed by atoms with Crippen LogP contribution in [0.4, 0.5) is 0 Å². The van der Waals surface area contributed by atoms with Crippen molar-refractivity contribution in [3.63, 3.8) is 0 Å². The van der Waals surface area contributed by atoms with Gasteiger partial charge in [0.1, 0.15) is 17.5 Å². The molecule has 3 aromatic rings. The molecule has 1 atom stereocenters. The van der Waals surface area contributed by atoms with Crippen molar-refractivity contribution < 1.29 is 24.1 Å². The normalized spacial score (nSPS) is 15.1. The Bertz CT molecular complexity index is 1580. The summed E-state index contributed by atoms with van der Waals surface area (Å²) >= 11 is 1.22. The number of amides is 1. The largest absolute Gasteiger partial charge is 0.504 e. The van der Waals surface area contributed by atoms with E-state index in [1.54, 1.807) is 67.0 Å². The van der Waals surface area contributed by atoms with Crippen LogP contribution >= 0.6 is 11.3 Å². The first kappa shape index (κ1) is 27.0. The van der Waals surface area contributed by atoms with Crippen LogP contribution in [0.25, 0.3) is 6.08 Å². The van der Waals surface area contributed by atoms with Crippen molar-refractivity contribution in [3.8, 4) is 23.0 Å². The minimum atomic E-state index is -0.782. The number of rotatable bonds is 8. The minimum absolute atomic E-state index is 0.0315. The fourth-order valence-corrected chi connectivity index (χ4v) is 5.62. The van der Waals surface area contributed by atoms with Crippen LogP contribution in [-0.2, 0) is 4.79 Å². The summed E-state index contributed by atoms with van der Waals surface area (Å²) in [6, 6.07) is 9.45. The lowest BCUT2D eigenvalue weighted by atomic mass is 9.93. The molecule has 0 saturated heterocycles. The Balaban J connectivity index is 2.01. The molecule has 0 saturated carbocycles. The number of thiazole rings is 1. The molecule has 38 heavy (non-hydrogen) atoms. The number of phenolic OH excluding ortho intramolecular Hbond substituents is 1. The van der Waals surface area contributed by atoms with Gasteiger partial charge in [-0.25, -0.2) is 4.99 Å². The number of hydrogen-bond acceptors (Lipinski definition) is 8. The number of carbonyl (C=O) groups excluding carboxylic acids is 1. The Morgan fingerprint density at radius 3 is 2.37 bits per heavy atom. The smallest absolute Gasteiger partial charge is 0.271 e. The lowest BCUT2D eigenvalue weighted by Crippen LogP contribution is -2.43. The van der Waals surface area contributed by atoms with Gasteiger partial charge in [0, 0.05) is 18.7 Å². The third-order valence-corrected chi connectivity index (χ3v) is 7.52. The monoisotopic (exact) mass is 537 g/mol. The maximum Gasteiger partial charge on any atom is 0.271 e. The predicted octanol–water partition coefficient (Wildman–Crippen LogP) is 2.84. The number of carbonyl (C=O) groups is 1. The van der Waals surface area contributed by atoms with Crippen molar-refractivity contribution in [2.75, 3.05) is 34.4 Å². The molecule has 2 heterocycles. The van der Waals surface area contributed by atoms with E-state index in [2.05, 4.69) is 0 Å². The van der Waals surface area contributed by atoms with Crippen molar-refractivity contribution in [1.29, 1.82) is 0 Å². The summed E-state index contributed by atoms with van der Waals surface area (Å²) in [6.07, 6.45) is 1.69. The Hall–Kier alpha value is -4.05. The summed E-state index contributed by atoms with van der Waals surface area (Å²) in [5.74, 6) is 1.20. The molecule has 2 aromatic carbocycles. The highest BCUT2D eigenvalue weighted by atomic mass is 32.1. The molecule has 1 aromatic heterocycles. The Morgan fingerprint density at radius 2 is 1.76 bits per heavy atom. The average molecular weight is 538 g/mol. The van der Waals surface area contributed by atoms with Crippen LogP contribution < -0.4 is 29.1 Å². The van der Waals surface area contributed by atoms with Crippen LogP contribution in [0.3, 0.4) is 0 Å². The zero-order valence-electron chi connectivity index (χ0n) is 22.3. The molecule has 1 aliphatic heterocycles. The molecule has 0 radical (unpaired) electrons. The van der Waals surface area contributed by atoms with Gasteiger partial charge in [-0.1, -0.05) is 17.4 Å². The van der Waals surface area contributed by atoms with E-state index in [9.17, 15) is 14.7 Å². The van der Waals surface area contributed by atoms with Crippen LogP contribution in [0, 0.1) is 0 Å². The number of aromatic nitrogens is 1. The fourth-order valence-electron chi connectivity index (χ4n) is 4.57. The highest BCUT2D eigenvalue weighted by Gasteiger charge is 2.36. The van der Waals surface area contributed by atoms with Crippen molar-refractivity contribution in [2.45, 2.75) is 26.8 Å². The van der Waals surface area contributed by atoms with Crippen molar-refractivity contribution in [1.82, 2.24) is 9.47 Å². The molecule has 9 nitrogen and oxygen atoms in total. The molecule has 0 bridgehead atoms. The van der Waals surface area contributed by atoms with Gasteiger partial charge in [0.2, 0.25) is 0 Å². The summed E-state index contributed by atoms with van der Waals surface area (Å²) in [5.41, 5.74) is 1.87. The number of nitrogens with zero attached hydrogens (tertiary/aromatic N) is 3. The van der Waals surface area contributed by atoms with E-state index in [4.69, 9.17) is 19.2 Å². The molecule has 10 heteroatoms. The van der Waals surface area contributed by atoms with Crippen LogP contribution in [0.2, 0.25) is 0 Å². The summed E-state index contributed by atoms with van der Waals surface area (Å²) in [4.78, 5) is 34.6. The fraction of sp³-hybridized carbons (Fsp3) is 0.321. The topological polar surface area (TPSA) is 103 Å². The first-order chi connectivity index (χ1) is 18.3. The molecule has 0 spiro atoms. The van der Waals surface area contributed by atoms with Gasteiger partial charge in [0.25, 0.3) is 11.5 Å². The predicted molar refractivity (Wildman–Crippen MR) is 146 cm³/mol. The lowest BCUT2D eigenvalue weighted by Gasteiger charge is -2.30. The second-order valence-electron chi connectivity index (χ2n) is 8.60. The average Bonchev–Trinajstić information content (AvgIpc) is 3.22. The molecule has 0 aliphatic carbocycles. The number of phenols is 1. The Kier molecular flexibility index (Phi) is 7.91. The maximum absolute atomic E-state index is 13.9. The summed E-state index contributed by atoms with van der Waals surface area (Å²) in [5, 5.41) is 10.2. The number of fused-ring (bicyclic) bond motifs is 1. The number of methoxy groups -OCH3 is 3. The van der Waals surface area contributed by atoms with Crippen molar-refractivity contribution in [3.05, 3.63) is 78.5 Å². The van der Waals surface area contributed by atoms with E-state index in [0.717, 1.165) is 0 Å². The molecular weight excluding hydrogens is 506 g/mol. The number of hydrogen-bond donors (Lipinski definition) is 1. The van der Waals surface area contributed by atoms with Crippen molar-refractivity contribution in [2.24, 2.45) is 4.99 Å². The zero-order chi connectivity index (χ0) is 27.6. The summed E-state index contributed by atoms with van der Waals surface area (Å²) < 4.78 is 18.2. The molecule has 1 N–H and O–H groups in total. The van der Waals surface area contributed by atoms with E-state index in [0.29, 0.717) is 62.1 Å². The second kappa shape index (κ2) is 11.1. The molecule has 1 amide bonds. The van der Waals surface area contributed by atoms with E-state index in [-0.39, 0.29) is 17.2 Å². The summed E-state index contributed by atoms with van der Waals surface area (Å²) in [7, 11) is 4.58. The number of likely N-dealkylation sites (N-methyl/N-ethyl adjacent to an activating group) is 1. The van der Waals surface area contributed by atoms with E-state index in [1.807, 2.05) is 13.8 Å². The molecule has 0 unspecified atom stereocenters. The SMILES string of the molecule is CCN(CC)C(=O)C1=C(C)N=c2s/c(=C/c3ccc(OC)c(O)c3)c(=O)n2[C@@H]1c1cc(OC)ccc1OC. The minimum Gasteiger partial charge on any atom is -0.504 e. The van der Waals surface area contributed by atoms with Gasteiger partial charge < -0.3 is 24.2 Å². The lowest BCUT2D eigenvalue weighted by molar-refractivity contribution is -0.127. The highest BCUT2D eigenvalue weighted by molar-refractivity contribution is 7.07. The third-order valence-electron chi connectivity index (χ3n) is 6.53. The van der Waals surface area contributed by atoms with Gasteiger partial charge in [-0.3, -0.25) is 14.2 Å². The molecule has 200 valence electrons. The molecular formula is C28H31N3O6S. The molecule has 1 aliphatic rings. The van der Waals surface area contributed by atoms with Crippen molar-refractivity contribution >= 4 is 23.3 Å². The van der Waals surface area contributed by atoms with Crippen LogP contribution in [0.1, 0.15) is 37.9 Å². The Labute approximate surface area is 224 Å². The number of allylic oxidation sites excluding steroid dienone is 1. The van der Waals surface area contributed by atoms with Gasteiger partial charge in [-0.2, -0.15) is 0 Å². The van der Waals surface area contributed by atoms with Gasteiger partial charge in [0.05, 0.1) is 37.1 Å². The Morgan fingerprint density at radius 1 is 1.08 bits per heavy atom. The highest BCUT2D eigenvalue weighted by Crippen LogP contribution is 2.38. The zero-order valence-corrected chi connectivity index (χ0v) is 23.1. The van der Waals surface area contributed by atoms with Gasteiger partial charge in [-0.05, 0) is 62.7 Å². The van der Waals surface area contributed by atoms with E-state index >= 15 is 0 Å². The first-order valence-electron chi connectivity index (χ1n) is 12.2. The van der Waals surface area contributed by atoms with Gasteiger partial charge in [-0.15, -0.1) is 0 Å².